The number of aryl methyl sites for hydroxylation is 2. The van der Waals surface area contributed by atoms with E-state index in [4.69, 9.17) is 12.2 Å². The van der Waals surface area contributed by atoms with Crippen LogP contribution < -0.4 is 10.7 Å². The highest BCUT2D eigenvalue weighted by atomic mass is 79.9. The number of hydrogen-bond acceptors (Lipinski definition) is 2. The molecule has 0 saturated heterocycles. The third kappa shape index (κ3) is 3.17. The van der Waals surface area contributed by atoms with Gasteiger partial charge in [0.1, 0.15) is 0 Å². The smallest absolute Gasteiger partial charge is 0.187 e. The zero-order valence-electron chi connectivity index (χ0n) is 9.89. The van der Waals surface area contributed by atoms with Gasteiger partial charge in [-0.2, -0.15) is 0 Å². The molecule has 88 valence electrons. The van der Waals surface area contributed by atoms with Gasteiger partial charge in [-0.25, -0.2) is 5.43 Å². The molecule has 0 fully saturated rings. The van der Waals surface area contributed by atoms with Crippen LogP contribution in [0.2, 0.25) is 0 Å². The van der Waals surface area contributed by atoms with Crippen LogP contribution in [0.4, 0.5) is 5.69 Å². The molecule has 1 rings (SSSR count). The largest absolute Gasteiger partial charge is 0.331 e. The SMILES string of the molecule is CNN(C)C(=S)Nc1c(C)cc(Br)cc1C. The molecule has 0 aliphatic carbocycles. The van der Waals surface area contributed by atoms with E-state index >= 15 is 0 Å². The van der Waals surface area contributed by atoms with Gasteiger partial charge in [-0.1, -0.05) is 15.9 Å². The number of hydrogen-bond donors (Lipinski definition) is 2. The third-order valence-corrected chi connectivity index (χ3v) is 3.20. The van der Waals surface area contributed by atoms with Crippen LogP contribution >= 0.6 is 28.1 Å². The molecule has 0 amide bonds. The van der Waals surface area contributed by atoms with Crippen molar-refractivity contribution in [3.8, 4) is 0 Å². The van der Waals surface area contributed by atoms with Gasteiger partial charge in [0.15, 0.2) is 5.11 Å². The van der Waals surface area contributed by atoms with E-state index in [9.17, 15) is 0 Å². The Morgan fingerprint density at radius 2 is 1.81 bits per heavy atom. The van der Waals surface area contributed by atoms with Gasteiger partial charge >= 0.3 is 0 Å². The number of rotatable bonds is 2. The Balaban J connectivity index is 2.93. The lowest BCUT2D eigenvalue weighted by molar-refractivity contribution is 0.415. The number of halogens is 1. The Morgan fingerprint density at radius 1 is 1.31 bits per heavy atom. The van der Waals surface area contributed by atoms with Gasteiger partial charge in [0.05, 0.1) is 0 Å². The predicted molar refractivity (Wildman–Crippen MR) is 76.7 cm³/mol. The summed E-state index contributed by atoms with van der Waals surface area (Å²) in [5, 5.41) is 5.64. The molecule has 0 aromatic heterocycles. The fourth-order valence-corrected chi connectivity index (χ4v) is 2.28. The number of anilines is 1. The number of hydrazine groups is 1. The summed E-state index contributed by atoms with van der Waals surface area (Å²) in [4.78, 5) is 0. The van der Waals surface area contributed by atoms with Gasteiger partial charge in [-0.3, -0.25) is 5.01 Å². The van der Waals surface area contributed by atoms with Crippen molar-refractivity contribution in [2.75, 3.05) is 19.4 Å². The first-order valence-electron chi connectivity index (χ1n) is 4.94. The summed E-state index contributed by atoms with van der Waals surface area (Å²) in [5.74, 6) is 0. The minimum atomic E-state index is 0.649. The maximum absolute atomic E-state index is 5.25. The topological polar surface area (TPSA) is 27.3 Å². The molecule has 0 unspecified atom stereocenters. The average molecular weight is 302 g/mol. The second-order valence-corrected chi connectivity index (χ2v) is 4.93. The van der Waals surface area contributed by atoms with Crippen LogP contribution in [0.3, 0.4) is 0 Å². The van der Waals surface area contributed by atoms with E-state index in [1.165, 1.54) is 11.1 Å². The zero-order valence-corrected chi connectivity index (χ0v) is 12.3. The first-order valence-corrected chi connectivity index (χ1v) is 6.14. The monoisotopic (exact) mass is 301 g/mol. The normalized spacial score (nSPS) is 10.1. The summed E-state index contributed by atoms with van der Waals surface area (Å²) in [5.41, 5.74) is 6.35. The molecule has 1 aromatic rings. The van der Waals surface area contributed by atoms with Crippen molar-refractivity contribution in [2.45, 2.75) is 13.8 Å². The first-order chi connectivity index (χ1) is 7.45. The Bertz CT molecular complexity index is 383. The molecular weight excluding hydrogens is 286 g/mol. The van der Waals surface area contributed by atoms with Gasteiger partial charge in [-0.15, -0.1) is 0 Å². The maximum atomic E-state index is 5.25. The van der Waals surface area contributed by atoms with Crippen LogP contribution in [0, 0.1) is 13.8 Å². The summed E-state index contributed by atoms with van der Waals surface area (Å²) < 4.78 is 1.08. The summed E-state index contributed by atoms with van der Waals surface area (Å²) in [6, 6.07) is 4.13. The first kappa shape index (κ1) is 13.4. The quantitative estimate of drug-likeness (QED) is 0.649. The molecule has 0 atom stereocenters. The van der Waals surface area contributed by atoms with Gasteiger partial charge in [0, 0.05) is 24.3 Å². The number of nitrogens with one attached hydrogen (secondary N) is 2. The summed E-state index contributed by atoms with van der Waals surface area (Å²) >= 11 is 8.72. The highest BCUT2D eigenvalue weighted by molar-refractivity contribution is 9.10. The van der Waals surface area contributed by atoms with Crippen molar-refractivity contribution in [2.24, 2.45) is 0 Å². The van der Waals surface area contributed by atoms with Crippen LogP contribution in [0.5, 0.6) is 0 Å². The zero-order chi connectivity index (χ0) is 12.3. The lowest BCUT2D eigenvalue weighted by Crippen LogP contribution is -2.39. The highest BCUT2D eigenvalue weighted by Gasteiger charge is 2.08. The minimum Gasteiger partial charge on any atom is -0.331 e. The van der Waals surface area contributed by atoms with Gasteiger partial charge < -0.3 is 5.32 Å². The molecule has 0 aliphatic rings. The minimum absolute atomic E-state index is 0.649. The van der Waals surface area contributed by atoms with Gasteiger partial charge in [0.25, 0.3) is 0 Å². The number of benzene rings is 1. The highest BCUT2D eigenvalue weighted by Crippen LogP contribution is 2.25. The molecule has 1 aromatic carbocycles. The molecule has 16 heavy (non-hydrogen) atoms. The van der Waals surface area contributed by atoms with Crippen molar-refractivity contribution in [1.82, 2.24) is 10.4 Å². The fourth-order valence-electron chi connectivity index (χ4n) is 1.40. The van der Waals surface area contributed by atoms with Crippen LogP contribution in [0.1, 0.15) is 11.1 Å². The maximum Gasteiger partial charge on any atom is 0.187 e. The van der Waals surface area contributed by atoms with E-state index in [1.807, 2.05) is 14.1 Å². The fraction of sp³-hybridized carbons (Fsp3) is 0.364. The molecule has 0 spiro atoms. The molecule has 3 nitrogen and oxygen atoms in total. The van der Waals surface area contributed by atoms with Crippen LogP contribution in [0.15, 0.2) is 16.6 Å². The number of thiocarbonyl (C=S) groups is 1. The molecule has 0 saturated carbocycles. The van der Waals surface area contributed by atoms with Crippen molar-refractivity contribution in [3.05, 3.63) is 27.7 Å². The van der Waals surface area contributed by atoms with Gasteiger partial charge in [-0.05, 0) is 49.3 Å². The Hall–Kier alpha value is -0.650. The summed E-state index contributed by atoms with van der Waals surface area (Å²) in [6.45, 7) is 4.12. The van der Waals surface area contributed by atoms with E-state index < -0.39 is 0 Å². The van der Waals surface area contributed by atoms with Crippen LogP contribution in [0.25, 0.3) is 0 Å². The van der Waals surface area contributed by atoms with Gasteiger partial charge in [0.2, 0.25) is 0 Å². The molecule has 0 bridgehead atoms. The van der Waals surface area contributed by atoms with E-state index in [0.29, 0.717) is 5.11 Å². The molecule has 2 N–H and O–H groups in total. The summed E-state index contributed by atoms with van der Waals surface area (Å²) in [7, 11) is 3.70. The lowest BCUT2D eigenvalue weighted by atomic mass is 10.1. The molecular formula is C11H16BrN3S. The second-order valence-electron chi connectivity index (χ2n) is 3.63. The number of nitrogens with zero attached hydrogens (tertiary/aromatic N) is 1. The van der Waals surface area contributed by atoms with Crippen molar-refractivity contribution >= 4 is 38.9 Å². The van der Waals surface area contributed by atoms with E-state index in [2.05, 4.69) is 52.7 Å². The Kier molecular flexibility index (Phi) is 4.70. The van der Waals surface area contributed by atoms with Crippen molar-refractivity contribution in [3.63, 3.8) is 0 Å². The standard InChI is InChI=1S/C11H16BrN3S/c1-7-5-9(12)6-8(2)10(7)14-11(16)15(4)13-3/h5-6,13H,1-4H3,(H,14,16). The van der Waals surface area contributed by atoms with E-state index in [1.54, 1.807) is 5.01 Å². The molecule has 0 aliphatic heterocycles. The van der Waals surface area contributed by atoms with Crippen LogP contribution in [-0.2, 0) is 0 Å². The third-order valence-electron chi connectivity index (χ3n) is 2.37. The molecule has 0 heterocycles. The van der Waals surface area contributed by atoms with Crippen molar-refractivity contribution < 1.29 is 0 Å². The van der Waals surface area contributed by atoms with E-state index in [-0.39, 0.29) is 0 Å². The Labute approximate surface area is 110 Å². The van der Waals surface area contributed by atoms with Crippen molar-refractivity contribution in [1.29, 1.82) is 0 Å². The predicted octanol–water partition coefficient (Wildman–Crippen LogP) is 2.83. The molecule has 0 radical (unpaired) electrons. The van der Waals surface area contributed by atoms with Crippen LogP contribution in [-0.4, -0.2) is 24.2 Å². The Morgan fingerprint density at radius 3 is 2.25 bits per heavy atom. The average Bonchev–Trinajstić information content (AvgIpc) is 2.21. The molecule has 5 heteroatoms. The van der Waals surface area contributed by atoms with E-state index in [0.717, 1.165) is 10.2 Å². The second kappa shape index (κ2) is 5.61. The lowest BCUT2D eigenvalue weighted by Gasteiger charge is -2.21. The summed E-state index contributed by atoms with van der Waals surface area (Å²) in [6.07, 6.45) is 0.